The molecule has 1 amide bonds. The zero-order chi connectivity index (χ0) is 23.3. The summed E-state index contributed by atoms with van der Waals surface area (Å²) < 4.78 is 0. The van der Waals surface area contributed by atoms with Crippen molar-refractivity contribution < 1.29 is 29.4 Å². The van der Waals surface area contributed by atoms with Gasteiger partial charge in [0.25, 0.3) is 0 Å². The Morgan fingerprint density at radius 3 is 1.35 bits per heavy atom. The molecule has 0 unspecified atom stereocenters. The van der Waals surface area contributed by atoms with E-state index in [0.29, 0.717) is 6.42 Å². The van der Waals surface area contributed by atoms with Gasteiger partial charge in [0.2, 0.25) is 5.91 Å². The van der Waals surface area contributed by atoms with Crippen molar-refractivity contribution in [1.82, 2.24) is 5.32 Å². The summed E-state index contributed by atoms with van der Waals surface area (Å²) in [6.45, 7) is 0. The first-order valence-electron chi connectivity index (χ1n) is 11.8. The van der Waals surface area contributed by atoms with Crippen molar-refractivity contribution in [3.05, 3.63) is 0 Å². The third-order valence-corrected chi connectivity index (χ3v) is 5.36. The Balaban J connectivity index is 3.43. The smallest absolute Gasteiger partial charge is 0.326 e. The molecule has 8 heteroatoms. The van der Waals surface area contributed by atoms with E-state index in [1.807, 2.05) is 0 Å². The third-order valence-electron chi connectivity index (χ3n) is 5.36. The molecule has 0 spiro atoms. The van der Waals surface area contributed by atoms with Crippen molar-refractivity contribution in [3.63, 3.8) is 0 Å². The number of nitrogens with one attached hydrogen (secondary N) is 1. The summed E-state index contributed by atoms with van der Waals surface area (Å²) in [5.41, 5.74) is -0.578. The van der Waals surface area contributed by atoms with E-state index in [4.69, 9.17) is 18.1 Å². The van der Waals surface area contributed by atoms with E-state index in [0.717, 1.165) is 44.9 Å². The van der Waals surface area contributed by atoms with Gasteiger partial charge in [0.05, 0.1) is 5.68 Å². The minimum atomic E-state index is -1.15. The molecule has 2 radical (unpaired) electrons. The molecule has 0 aliphatic carbocycles. The van der Waals surface area contributed by atoms with Crippen LogP contribution in [0.3, 0.4) is 0 Å². The molecule has 0 heterocycles. The second kappa shape index (κ2) is 20.1. The summed E-state index contributed by atoms with van der Waals surface area (Å²) in [7, 11) is 5.02. The Labute approximate surface area is 188 Å². The molecule has 0 aliphatic heterocycles. The number of hydrogen-bond donors (Lipinski definition) is 3. The van der Waals surface area contributed by atoms with Crippen LogP contribution in [0.25, 0.3) is 0 Å². The van der Waals surface area contributed by atoms with Crippen LogP contribution >= 0.6 is 0 Å². The molecule has 7 nitrogen and oxygen atoms in total. The van der Waals surface area contributed by atoms with Crippen LogP contribution in [0.1, 0.15) is 116 Å². The maximum Gasteiger partial charge on any atom is 0.326 e. The highest BCUT2D eigenvalue weighted by atomic mass is 16.4. The van der Waals surface area contributed by atoms with E-state index < -0.39 is 23.7 Å². The van der Waals surface area contributed by atoms with Crippen molar-refractivity contribution in [2.75, 3.05) is 0 Å². The summed E-state index contributed by atoms with van der Waals surface area (Å²) in [6.07, 6.45) is 16.1. The summed E-state index contributed by atoms with van der Waals surface area (Å²) in [5.74, 6) is -2.14. The number of hydrogen-bond acceptors (Lipinski definition) is 4. The fourth-order valence-electron chi connectivity index (χ4n) is 3.49. The van der Waals surface area contributed by atoms with Crippen molar-refractivity contribution in [1.29, 1.82) is 0 Å². The molecule has 3 N–H and O–H groups in total. The monoisotopic (exact) mass is 437 g/mol. The van der Waals surface area contributed by atoms with Gasteiger partial charge in [-0.2, -0.15) is 0 Å². The van der Waals surface area contributed by atoms with E-state index in [1.165, 1.54) is 44.9 Å². The number of amides is 1. The quantitative estimate of drug-likeness (QED) is 0.171. The van der Waals surface area contributed by atoms with Crippen molar-refractivity contribution in [2.24, 2.45) is 0 Å². The third kappa shape index (κ3) is 21.2. The topological polar surface area (TPSA) is 121 Å². The number of carbonyl (C=O) groups is 4. The Hall–Kier alpha value is -1.86. The fraction of sp³-hybridized carbons (Fsp3) is 0.826. The van der Waals surface area contributed by atoms with E-state index in [-0.39, 0.29) is 25.2 Å². The zero-order valence-corrected chi connectivity index (χ0v) is 18.9. The standard InChI is InChI=1S/C23H40BNO6/c24-20(26)18-17-19(23(30)31)25-21(27)15-13-11-9-7-5-3-1-2-4-6-8-10-12-14-16-22(28)29/h19H,1-18H2,(H,25,27)(H,28,29)(H,30,31)/t19-/m0/s1. The first kappa shape index (κ1) is 29.1. The van der Waals surface area contributed by atoms with Crippen LogP contribution in [0, 0.1) is 0 Å². The lowest BCUT2D eigenvalue weighted by Gasteiger charge is -2.13. The highest BCUT2D eigenvalue weighted by Crippen LogP contribution is 2.14. The van der Waals surface area contributed by atoms with Crippen molar-refractivity contribution >= 4 is 31.4 Å². The first-order valence-corrected chi connectivity index (χ1v) is 11.8. The summed E-state index contributed by atoms with van der Waals surface area (Å²) in [4.78, 5) is 44.1. The summed E-state index contributed by atoms with van der Waals surface area (Å²) in [6, 6.07) is -1.06. The van der Waals surface area contributed by atoms with Gasteiger partial charge in [0, 0.05) is 12.8 Å². The molecule has 1 atom stereocenters. The molecule has 0 bridgehead atoms. The van der Waals surface area contributed by atoms with Crippen LogP contribution in [-0.4, -0.2) is 47.6 Å². The Kier molecular flexibility index (Phi) is 18.9. The maximum absolute atomic E-state index is 11.8. The van der Waals surface area contributed by atoms with Crippen molar-refractivity contribution in [3.8, 4) is 0 Å². The highest BCUT2D eigenvalue weighted by Gasteiger charge is 2.19. The number of carbonyl (C=O) groups excluding carboxylic acids is 2. The van der Waals surface area contributed by atoms with Gasteiger partial charge < -0.3 is 20.3 Å². The van der Waals surface area contributed by atoms with Crippen LogP contribution in [-0.2, 0) is 19.2 Å². The molecular weight excluding hydrogens is 397 g/mol. The summed E-state index contributed by atoms with van der Waals surface area (Å²) >= 11 is 0. The lowest BCUT2D eigenvalue weighted by atomic mass is 9.95. The number of aliphatic carboxylic acids is 2. The zero-order valence-electron chi connectivity index (χ0n) is 18.9. The van der Waals surface area contributed by atoms with Gasteiger partial charge in [0.1, 0.15) is 6.04 Å². The Bertz CT molecular complexity index is 526. The number of rotatable bonds is 22. The molecule has 0 saturated heterocycles. The van der Waals surface area contributed by atoms with Crippen molar-refractivity contribution in [2.45, 2.75) is 122 Å². The fourth-order valence-corrected chi connectivity index (χ4v) is 3.49. The Morgan fingerprint density at radius 2 is 1.00 bits per heavy atom. The second-order valence-corrected chi connectivity index (χ2v) is 8.31. The van der Waals surface area contributed by atoms with E-state index in [1.54, 1.807) is 0 Å². The molecule has 0 fully saturated rings. The molecule has 0 aromatic rings. The van der Waals surface area contributed by atoms with Crippen LogP contribution in [0.15, 0.2) is 0 Å². The maximum atomic E-state index is 11.8. The predicted molar refractivity (Wildman–Crippen MR) is 121 cm³/mol. The van der Waals surface area contributed by atoms with Crippen LogP contribution in [0.2, 0.25) is 0 Å². The molecule has 31 heavy (non-hydrogen) atoms. The SMILES string of the molecule is [B]C(=O)CC[C@H](NC(=O)CCCCCCCCCCCCCCCCC(=O)O)C(=O)O. The first-order chi connectivity index (χ1) is 14.8. The van der Waals surface area contributed by atoms with Gasteiger partial charge >= 0.3 is 11.9 Å². The van der Waals surface area contributed by atoms with Gasteiger partial charge in [-0.15, -0.1) is 0 Å². The molecule has 176 valence electrons. The number of unbranched alkanes of at least 4 members (excludes halogenated alkanes) is 13. The van der Waals surface area contributed by atoms with E-state index in [2.05, 4.69) is 5.32 Å². The van der Waals surface area contributed by atoms with Crippen LogP contribution < -0.4 is 5.32 Å². The molecule has 0 rings (SSSR count). The number of carboxylic acid groups (broad SMARTS) is 2. The molecule has 0 saturated carbocycles. The Morgan fingerprint density at radius 1 is 0.613 bits per heavy atom. The van der Waals surface area contributed by atoms with E-state index >= 15 is 0 Å². The summed E-state index contributed by atoms with van der Waals surface area (Å²) in [5, 5.41) is 20.1. The highest BCUT2D eigenvalue weighted by molar-refractivity contribution is 6.57. The normalized spacial score (nSPS) is 11.7. The molecular formula is C23H40BNO6. The number of carboxylic acids is 2. The van der Waals surface area contributed by atoms with Crippen LogP contribution in [0.4, 0.5) is 0 Å². The average molecular weight is 437 g/mol. The largest absolute Gasteiger partial charge is 0.481 e. The average Bonchev–Trinajstić information content (AvgIpc) is 2.70. The molecule has 0 aromatic carbocycles. The van der Waals surface area contributed by atoms with E-state index in [9.17, 15) is 19.2 Å². The van der Waals surface area contributed by atoms with Gasteiger partial charge in [-0.3, -0.25) is 9.59 Å². The lowest BCUT2D eigenvalue weighted by Crippen LogP contribution is -2.41. The van der Waals surface area contributed by atoms with Gasteiger partial charge in [-0.25, -0.2) is 4.79 Å². The minimum absolute atomic E-state index is 0.0171. The van der Waals surface area contributed by atoms with Gasteiger partial charge in [-0.1, -0.05) is 77.0 Å². The molecule has 0 aliphatic rings. The van der Waals surface area contributed by atoms with Gasteiger partial charge in [-0.05, 0) is 25.7 Å². The molecule has 0 aromatic heterocycles. The predicted octanol–water partition coefficient (Wildman–Crippen LogP) is 4.36. The van der Waals surface area contributed by atoms with Gasteiger partial charge in [0.15, 0.2) is 7.85 Å². The minimum Gasteiger partial charge on any atom is -0.481 e. The second-order valence-electron chi connectivity index (χ2n) is 8.31. The lowest BCUT2D eigenvalue weighted by molar-refractivity contribution is -0.142. The van der Waals surface area contributed by atoms with Crippen LogP contribution in [0.5, 0.6) is 0 Å².